The lowest BCUT2D eigenvalue weighted by Gasteiger charge is -2.13. The predicted octanol–water partition coefficient (Wildman–Crippen LogP) is 1.84. The first kappa shape index (κ1) is 13.2. The van der Waals surface area contributed by atoms with E-state index in [9.17, 15) is 0 Å². The average molecular weight is 266 g/mol. The van der Waals surface area contributed by atoms with Crippen LogP contribution in [-0.4, -0.2) is 42.2 Å². The molecule has 2 rings (SSSR count). The molecule has 0 saturated heterocycles. The highest BCUT2D eigenvalue weighted by Gasteiger charge is 2.10. The second kappa shape index (κ2) is 6.63. The summed E-state index contributed by atoms with van der Waals surface area (Å²) < 4.78 is 5.25. The summed E-state index contributed by atoms with van der Waals surface area (Å²) in [6, 6.07) is 3.98. The minimum atomic E-state index is 0.672. The lowest BCUT2D eigenvalue weighted by Crippen LogP contribution is -2.22. The topological polar surface area (TPSA) is 54.2 Å². The van der Waals surface area contributed by atoms with E-state index < -0.39 is 0 Å². The number of nitrogens with zero attached hydrogens (tertiary/aromatic N) is 3. The molecule has 2 heterocycles. The van der Waals surface area contributed by atoms with Gasteiger partial charge in [-0.25, -0.2) is 0 Å². The molecule has 0 saturated carbocycles. The van der Waals surface area contributed by atoms with E-state index in [-0.39, 0.29) is 0 Å². The predicted molar refractivity (Wildman–Crippen MR) is 72.5 cm³/mol. The first-order valence-electron chi connectivity index (χ1n) is 5.99. The molecule has 0 unspecified atom stereocenters. The van der Waals surface area contributed by atoms with Crippen LogP contribution in [0.15, 0.2) is 22.0 Å². The summed E-state index contributed by atoms with van der Waals surface area (Å²) in [6.45, 7) is 2.73. The molecule has 0 spiro atoms. The molecule has 2 aromatic rings. The average Bonchev–Trinajstić information content (AvgIpc) is 2.98. The number of thiophene rings is 1. The van der Waals surface area contributed by atoms with Gasteiger partial charge in [0, 0.05) is 0 Å². The van der Waals surface area contributed by atoms with E-state index in [1.165, 1.54) is 0 Å². The van der Waals surface area contributed by atoms with E-state index in [4.69, 9.17) is 4.52 Å². The quantitative estimate of drug-likeness (QED) is 0.775. The van der Waals surface area contributed by atoms with Crippen LogP contribution < -0.4 is 5.32 Å². The van der Waals surface area contributed by atoms with E-state index in [0.717, 1.165) is 24.4 Å². The van der Waals surface area contributed by atoms with Crippen LogP contribution in [0, 0.1) is 0 Å². The smallest absolute Gasteiger partial charge is 0.241 e. The molecule has 0 radical (unpaired) electrons. The zero-order valence-electron chi connectivity index (χ0n) is 10.7. The molecule has 0 bridgehead atoms. The number of hydrogen-bond acceptors (Lipinski definition) is 6. The number of aromatic nitrogens is 2. The van der Waals surface area contributed by atoms with E-state index in [2.05, 4.69) is 27.4 Å². The fraction of sp³-hybridized carbons (Fsp3) is 0.500. The van der Waals surface area contributed by atoms with Crippen LogP contribution in [0.5, 0.6) is 0 Å². The first-order valence-corrected chi connectivity index (χ1v) is 6.87. The Hall–Kier alpha value is -1.24. The Morgan fingerprint density at radius 3 is 3.11 bits per heavy atom. The fourth-order valence-electron chi connectivity index (χ4n) is 1.66. The number of hydrogen-bond donors (Lipinski definition) is 1. The molecule has 0 fully saturated rings. The largest absolute Gasteiger partial charge is 0.338 e. The molecule has 0 atom stereocenters. The van der Waals surface area contributed by atoms with Gasteiger partial charge in [-0.2, -0.15) is 4.98 Å². The molecule has 5 nitrogen and oxygen atoms in total. The van der Waals surface area contributed by atoms with Crippen molar-refractivity contribution in [3.05, 3.63) is 23.4 Å². The van der Waals surface area contributed by atoms with Crippen LogP contribution in [0.25, 0.3) is 10.7 Å². The molecule has 0 aliphatic heterocycles. The van der Waals surface area contributed by atoms with Crippen molar-refractivity contribution in [3.63, 3.8) is 0 Å². The van der Waals surface area contributed by atoms with E-state index in [1.54, 1.807) is 11.3 Å². The van der Waals surface area contributed by atoms with Gasteiger partial charge in [0.2, 0.25) is 11.7 Å². The second-order valence-electron chi connectivity index (χ2n) is 4.18. The summed E-state index contributed by atoms with van der Waals surface area (Å²) in [7, 11) is 4.02. The standard InChI is InChI=1S/C12H18N4OS/c1-13-6-4-7-16(2)9-11-14-12(15-17-11)10-5-3-8-18-10/h3,5,8,13H,4,6-7,9H2,1-2H3. The molecule has 0 aliphatic rings. The minimum Gasteiger partial charge on any atom is -0.338 e. The van der Waals surface area contributed by atoms with Crippen molar-refractivity contribution in [2.75, 3.05) is 27.2 Å². The van der Waals surface area contributed by atoms with E-state index in [1.807, 2.05) is 24.6 Å². The lowest BCUT2D eigenvalue weighted by molar-refractivity contribution is 0.264. The Labute approximate surface area is 111 Å². The Kier molecular flexibility index (Phi) is 4.86. The third-order valence-corrected chi connectivity index (χ3v) is 3.45. The summed E-state index contributed by atoms with van der Waals surface area (Å²) in [5.74, 6) is 1.36. The molecular formula is C12H18N4OS. The van der Waals surface area contributed by atoms with Gasteiger partial charge in [0.25, 0.3) is 0 Å². The molecule has 1 N–H and O–H groups in total. The highest BCUT2D eigenvalue weighted by Crippen LogP contribution is 2.21. The minimum absolute atomic E-state index is 0.672. The van der Waals surface area contributed by atoms with Crippen LogP contribution in [0.4, 0.5) is 0 Å². The summed E-state index contributed by atoms with van der Waals surface area (Å²) in [5, 5.41) is 9.14. The number of nitrogens with one attached hydrogen (secondary N) is 1. The van der Waals surface area contributed by atoms with Crippen LogP contribution in [0.3, 0.4) is 0 Å². The Morgan fingerprint density at radius 2 is 2.39 bits per heavy atom. The van der Waals surface area contributed by atoms with Gasteiger partial charge in [-0.1, -0.05) is 11.2 Å². The van der Waals surface area contributed by atoms with Crippen molar-refractivity contribution in [1.82, 2.24) is 20.4 Å². The fourth-order valence-corrected chi connectivity index (χ4v) is 2.31. The van der Waals surface area contributed by atoms with Crippen LogP contribution in [0.2, 0.25) is 0 Å². The molecule has 2 aromatic heterocycles. The van der Waals surface area contributed by atoms with Gasteiger partial charge in [0.05, 0.1) is 11.4 Å². The maximum atomic E-state index is 5.25. The third kappa shape index (κ3) is 3.63. The van der Waals surface area contributed by atoms with Gasteiger partial charge >= 0.3 is 0 Å². The van der Waals surface area contributed by atoms with Gasteiger partial charge in [0.1, 0.15) is 0 Å². The SMILES string of the molecule is CNCCCN(C)Cc1nc(-c2cccs2)no1. The molecule has 98 valence electrons. The van der Waals surface area contributed by atoms with E-state index in [0.29, 0.717) is 18.3 Å². The van der Waals surface area contributed by atoms with Gasteiger partial charge in [-0.05, 0) is 45.1 Å². The maximum Gasteiger partial charge on any atom is 0.241 e. The highest BCUT2D eigenvalue weighted by molar-refractivity contribution is 7.13. The molecule has 6 heteroatoms. The molecule has 0 amide bonds. The van der Waals surface area contributed by atoms with Gasteiger partial charge in [0.15, 0.2) is 0 Å². The molecule has 0 aliphatic carbocycles. The normalized spacial score (nSPS) is 11.3. The van der Waals surface area contributed by atoms with E-state index >= 15 is 0 Å². The van der Waals surface area contributed by atoms with Crippen molar-refractivity contribution in [3.8, 4) is 10.7 Å². The van der Waals surface area contributed by atoms with Crippen molar-refractivity contribution in [2.24, 2.45) is 0 Å². The lowest BCUT2D eigenvalue weighted by atomic mass is 10.4. The van der Waals surface area contributed by atoms with Crippen molar-refractivity contribution < 1.29 is 4.52 Å². The molecule has 18 heavy (non-hydrogen) atoms. The highest BCUT2D eigenvalue weighted by atomic mass is 32.1. The monoisotopic (exact) mass is 266 g/mol. The van der Waals surface area contributed by atoms with Gasteiger partial charge < -0.3 is 9.84 Å². The summed E-state index contributed by atoms with van der Waals surface area (Å²) in [6.07, 6.45) is 1.11. The van der Waals surface area contributed by atoms with Crippen LogP contribution in [0.1, 0.15) is 12.3 Å². The first-order chi connectivity index (χ1) is 8.79. The zero-order valence-corrected chi connectivity index (χ0v) is 11.5. The second-order valence-corrected chi connectivity index (χ2v) is 5.13. The summed E-state index contributed by atoms with van der Waals surface area (Å²) in [4.78, 5) is 7.62. The Balaban J connectivity index is 1.87. The van der Waals surface area contributed by atoms with Crippen molar-refractivity contribution >= 4 is 11.3 Å². The third-order valence-electron chi connectivity index (χ3n) is 2.58. The van der Waals surface area contributed by atoms with Crippen LogP contribution >= 0.6 is 11.3 Å². The van der Waals surface area contributed by atoms with Crippen molar-refractivity contribution in [2.45, 2.75) is 13.0 Å². The van der Waals surface area contributed by atoms with Crippen LogP contribution in [-0.2, 0) is 6.54 Å². The molecule has 0 aromatic carbocycles. The Morgan fingerprint density at radius 1 is 1.50 bits per heavy atom. The summed E-state index contributed by atoms with van der Waals surface area (Å²) >= 11 is 1.62. The van der Waals surface area contributed by atoms with Crippen molar-refractivity contribution in [1.29, 1.82) is 0 Å². The van der Waals surface area contributed by atoms with Gasteiger partial charge in [-0.3, -0.25) is 4.90 Å². The summed E-state index contributed by atoms with van der Waals surface area (Å²) in [5.41, 5.74) is 0. The molecular weight excluding hydrogens is 248 g/mol. The Bertz CT molecular complexity index is 454. The van der Waals surface area contributed by atoms with Gasteiger partial charge in [-0.15, -0.1) is 11.3 Å². The zero-order chi connectivity index (χ0) is 12.8. The number of rotatable bonds is 7. The maximum absolute atomic E-state index is 5.25.